The number of aliphatic hydroxyl groups is 1. The quantitative estimate of drug-likeness (QED) is 0.792. The zero-order chi connectivity index (χ0) is 8.27. The van der Waals surface area contributed by atoms with Crippen LogP contribution in [0.3, 0.4) is 0 Å². The molecule has 0 aliphatic carbocycles. The zero-order valence-electron chi connectivity index (χ0n) is 5.83. The van der Waals surface area contributed by atoms with Crippen molar-refractivity contribution in [2.45, 2.75) is 12.5 Å². The minimum atomic E-state index is -0.640. The normalized spacial score (nSPS) is 13.4. The summed E-state index contributed by atoms with van der Waals surface area (Å²) in [5, 5.41) is 9.30. The summed E-state index contributed by atoms with van der Waals surface area (Å²) in [5.74, 6) is 0.447. The number of hydrogen-bond acceptors (Lipinski definition) is 4. The van der Waals surface area contributed by atoms with Crippen LogP contribution < -0.4 is 5.73 Å². The number of aliphatic hydroxyl groups excluding tert-OH is 1. The molecule has 1 rings (SSSR count). The highest BCUT2D eigenvalue weighted by molar-refractivity contribution is 9.10. The summed E-state index contributed by atoms with van der Waals surface area (Å²) >= 11 is 3.03. The van der Waals surface area contributed by atoms with E-state index in [1.807, 2.05) is 0 Å². The first-order valence-electron chi connectivity index (χ1n) is 3.23. The Morgan fingerprint density at radius 1 is 1.82 bits per heavy atom. The van der Waals surface area contributed by atoms with Gasteiger partial charge in [-0.25, -0.2) is 4.98 Å². The fourth-order valence-corrected chi connectivity index (χ4v) is 1.01. The number of aromatic nitrogens is 1. The third-order valence-electron chi connectivity index (χ3n) is 1.26. The summed E-state index contributed by atoms with van der Waals surface area (Å²) in [4.78, 5) is 4.15. The predicted molar refractivity (Wildman–Crippen MR) is 42.8 cm³/mol. The van der Waals surface area contributed by atoms with Crippen LogP contribution in [-0.4, -0.2) is 16.6 Å². The summed E-state index contributed by atoms with van der Waals surface area (Å²) in [6.45, 7) is 0.430. The van der Waals surface area contributed by atoms with Gasteiger partial charge in [0.1, 0.15) is 6.10 Å². The number of halogens is 1. The number of rotatable bonds is 3. The number of oxazole rings is 1. The molecule has 5 heteroatoms. The van der Waals surface area contributed by atoms with Crippen LogP contribution in [0.5, 0.6) is 0 Å². The molecule has 4 nitrogen and oxygen atoms in total. The van der Waals surface area contributed by atoms with Gasteiger partial charge >= 0.3 is 0 Å². The second-order valence-corrected chi connectivity index (χ2v) is 2.79. The van der Waals surface area contributed by atoms with E-state index in [0.717, 1.165) is 0 Å². The average molecular weight is 221 g/mol. The predicted octanol–water partition coefficient (Wildman–Crippen LogP) is 0.819. The van der Waals surface area contributed by atoms with E-state index in [1.54, 1.807) is 0 Å². The van der Waals surface area contributed by atoms with Crippen molar-refractivity contribution in [1.82, 2.24) is 4.98 Å². The summed E-state index contributed by atoms with van der Waals surface area (Å²) in [6.07, 6.45) is 1.32. The molecule has 1 heterocycles. The van der Waals surface area contributed by atoms with Crippen LogP contribution in [0.2, 0.25) is 0 Å². The fourth-order valence-electron chi connectivity index (χ4n) is 0.719. The highest BCUT2D eigenvalue weighted by Gasteiger charge is 2.10. The lowest BCUT2D eigenvalue weighted by molar-refractivity contribution is 0.141. The Hall–Kier alpha value is -0.390. The van der Waals surface area contributed by atoms with E-state index in [9.17, 15) is 5.11 Å². The monoisotopic (exact) mass is 220 g/mol. The zero-order valence-corrected chi connectivity index (χ0v) is 7.41. The van der Waals surface area contributed by atoms with Crippen molar-refractivity contribution in [3.8, 4) is 0 Å². The molecule has 62 valence electrons. The smallest absolute Gasteiger partial charge is 0.264 e. The van der Waals surface area contributed by atoms with Gasteiger partial charge in [0.05, 0.1) is 6.20 Å². The lowest BCUT2D eigenvalue weighted by Gasteiger charge is -2.02. The molecule has 0 spiro atoms. The van der Waals surface area contributed by atoms with Crippen molar-refractivity contribution in [1.29, 1.82) is 0 Å². The van der Waals surface area contributed by atoms with Crippen LogP contribution in [0.4, 0.5) is 0 Å². The third-order valence-corrected chi connectivity index (χ3v) is 1.63. The van der Waals surface area contributed by atoms with Crippen molar-refractivity contribution in [3.05, 3.63) is 16.8 Å². The SMILES string of the molecule is NCCC(O)c1cnc(Br)o1. The van der Waals surface area contributed by atoms with Gasteiger partial charge in [-0.15, -0.1) is 0 Å². The van der Waals surface area contributed by atoms with Gasteiger partial charge in [-0.05, 0) is 13.0 Å². The fraction of sp³-hybridized carbons (Fsp3) is 0.500. The first kappa shape index (κ1) is 8.70. The van der Waals surface area contributed by atoms with Gasteiger partial charge in [0, 0.05) is 15.9 Å². The average Bonchev–Trinajstić information content (AvgIpc) is 2.36. The minimum absolute atomic E-state index is 0.378. The van der Waals surface area contributed by atoms with Gasteiger partial charge < -0.3 is 15.3 Å². The van der Waals surface area contributed by atoms with Gasteiger partial charge in [0.2, 0.25) is 0 Å². The maximum Gasteiger partial charge on any atom is 0.264 e. The van der Waals surface area contributed by atoms with E-state index in [0.29, 0.717) is 23.5 Å². The van der Waals surface area contributed by atoms with Crippen LogP contribution in [-0.2, 0) is 0 Å². The number of nitrogens with two attached hydrogens (primary N) is 1. The van der Waals surface area contributed by atoms with Crippen molar-refractivity contribution < 1.29 is 9.52 Å². The molecule has 1 aromatic rings. The van der Waals surface area contributed by atoms with Gasteiger partial charge in [-0.2, -0.15) is 0 Å². The molecule has 0 bridgehead atoms. The molecule has 0 radical (unpaired) electrons. The van der Waals surface area contributed by atoms with Crippen molar-refractivity contribution in [3.63, 3.8) is 0 Å². The maximum atomic E-state index is 9.30. The molecule has 0 fully saturated rings. The van der Waals surface area contributed by atoms with E-state index in [1.165, 1.54) is 6.20 Å². The van der Waals surface area contributed by atoms with E-state index in [-0.39, 0.29) is 0 Å². The van der Waals surface area contributed by atoms with Gasteiger partial charge in [-0.1, -0.05) is 0 Å². The molecule has 11 heavy (non-hydrogen) atoms. The van der Waals surface area contributed by atoms with Crippen LogP contribution >= 0.6 is 15.9 Å². The Kier molecular flexibility index (Phi) is 3.04. The Balaban J connectivity index is 2.60. The summed E-state index contributed by atoms with van der Waals surface area (Å²) in [5.41, 5.74) is 5.24. The topological polar surface area (TPSA) is 72.3 Å². The lowest BCUT2D eigenvalue weighted by Crippen LogP contribution is -2.05. The van der Waals surface area contributed by atoms with Crippen LogP contribution in [0.1, 0.15) is 18.3 Å². The van der Waals surface area contributed by atoms with E-state index < -0.39 is 6.10 Å². The van der Waals surface area contributed by atoms with E-state index in [2.05, 4.69) is 20.9 Å². The number of nitrogens with zero attached hydrogens (tertiary/aromatic N) is 1. The molecule has 0 saturated heterocycles. The molecule has 1 aromatic heterocycles. The van der Waals surface area contributed by atoms with Crippen molar-refractivity contribution in [2.24, 2.45) is 5.73 Å². The highest BCUT2D eigenvalue weighted by Crippen LogP contribution is 2.19. The third kappa shape index (κ3) is 2.28. The molecular weight excluding hydrogens is 212 g/mol. The Bertz CT molecular complexity index is 226. The highest BCUT2D eigenvalue weighted by atomic mass is 79.9. The van der Waals surface area contributed by atoms with E-state index >= 15 is 0 Å². The summed E-state index contributed by atoms with van der Waals surface area (Å²) in [7, 11) is 0. The molecule has 0 aliphatic rings. The second kappa shape index (κ2) is 3.85. The van der Waals surface area contributed by atoms with Gasteiger partial charge in [0.25, 0.3) is 4.80 Å². The second-order valence-electron chi connectivity index (χ2n) is 2.11. The Morgan fingerprint density at radius 2 is 2.55 bits per heavy atom. The largest absolute Gasteiger partial charge is 0.433 e. The first-order valence-corrected chi connectivity index (χ1v) is 4.02. The van der Waals surface area contributed by atoms with Gasteiger partial charge in [-0.3, -0.25) is 0 Å². The Morgan fingerprint density at radius 3 is 3.00 bits per heavy atom. The number of hydrogen-bond donors (Lipinski definition) is 2. The molecule has 0 saturated carbocycles. The summed E-state index contributed by atoms with van der Waals surface area (Å²) in [6, 6.07) is 0. The molecule has 0 aromatic carbocycles. The first-order chi connectivity index (χ1) is 5.24. The summed E-state index contributed by atoms with van der Waals surface area (Å²) < 4.78 is 5.00. The Labute approximate surface area is 72.5 Å². The lowest BCUT2D eigenvalue weighted by atomic mass is 10.2. The van der Waals surface area contributed by atoms with Crippen molar-refractivity contribution >= 4 is 15.9 Å². The minimum Gasteiger partial charge on any atom is -0.433 e. The van der Waals surface area contributed by atoms with Crippen LogP contribution in [0.15, 0.2) is 15.4 Å². The molecule has 3 N–H and O–H groups in total. The van der Waals surface area contributed by atoms with E-state index in [4.69, 9.17) is 10.2 Å². The molecule has 1 atom stereocenters. The van der Waals surface area contributed by atoms with Crippen LogP contribution in [0, 0.1) is 0 Å². The maximum absolute atomic E-state index is 9.30. The van der Waals surface area contributed by atoms with Crippen LogP contribution in [0.25, 0.3) is 0 Å². The van der Waals surface area contributed by atoms with Gasteiger partial charge in [0.15, 0.2) is 5.76 Å². The molecule has 1 unspecified atom stereocenters. The van der Waals surface area contributed by atoms with Crippen molar-refractivity contribution in [2.75, 3.05) is 6.54 Å². The molecular formula is C6H9BrN2O2. The molecule has 0 aliphatic heterocycles. The molecule has 0 amide bonds. The standard InChI is InChI=1S/C6H9BrN2O2/c7-6-9-3-5(11-6)4(10)1-2-8/h3-4,10H,1-2,8H2.